The van der Waals surface area contributed by atoms with E-state index in [-0.39, 0.29) is 12.5 Å². The number of hydrogen-bond donors (Lipinski definition) is 3. The summed E-state index contributed by atoms with van der Waals surface area (Å²) in [6.45, 7) is 4.46. The highest BCUT2D eigenvalue weighted by molar-refractivity contribution is 6.39. The smallest absolute Gasteiger partial charge is 0.329 e. The van der Waals surface area contributed by atoms with Gasteiger partial charge in [0.2, 0.25) is 0 Å². The number of ether oxygens (including phenoxy) is 3. The van der Waals surface area contributed by atoms with Gasteiger partial charge in [-0.25, -0.2) is 5.43 Å². The van der Waals surface area contributed by atoms with Crippen LogP contribution in [0.2, 0.25) is 0 Å². The maximum absolute atomic E-state index is 12.2. The molecule has 0 unspecified atom stereocenters. The molecule has 3 N–H and O–H groups in total. The van der Waals surface area contributed by atoms with Crippen molar-refractivity contribution in [3.8, 4) is 17.2 Å². The van der Waals surface area contributed by atoms with E-state index in [1.54, 1.807) is 42.5 Å². The maximum atomic E-state index is 12.2. The summed E-state index contributed by atoms with van der Waals surface area (Å²) in [5.74, 6) is -0.693. The largest absolute Gasteiger partial charge is 0.494 e. The third kappa shape index (κ3) is 9.51. The number of nitrogens with zero attached hydrogens (tertiary/aromatic N) is 1. The molecule has 10 nitrogen and oxygen atoms in total. The number of aryl methyl sites for hydroxylation is 1. The Hall–Kier alpha value is -4.86. The van der Waals surface area contributed by atoms with Crippen molar-refractivity contribution in [2.24, 2.45) is 5.10 Å². The molecule has 0 radical (unpaired) electrons. The van der Waals surface area contributed by atoms with Gasteiger partial charge >= 0.3 is 11.8 Å². The molecule has 0 aliphatic carbocycles. The van der Waals surface area contributed by atoms with E-state index in [0.29, 0.717) is 40.8 Å². The average molecular weight is 533 g/mol. The van der Waals surface area contributed by atoms with Gasteiger partial charge < -0.3 is 24.8 Å². The first-order valence-electron chi connectivity index (χ1n) is 12.4. The Kier molecular flexibility index (Phi) is 10.9. The van der Waals surface area contributed by atoms with E-state index in [0.717, 1.165) is 18.4 Å². The Bertz CT molecular complexity index is 1290. The Morgan fingerprint density at radius 1 is 0.846 bits per heavy atom. The minimum atomic E-state index is -0.930. The monoisotopic (exact) mass is 532 g/mol. The Morgan fingerprint density at radius 3 is 2.23 bits per heavy atom. The van der Waals surface area contributed by atoms with Crippen LogP contribution in [0.4, 0.5) is 11.4 Å². The summed E-state index contributed by atoms with van der Waals surface area (Å²) >= 11 is 0. The fourth-order valence-electron chi connectivity index (χ4n) is 3.23. The van der Waals surface area contributed by atoms with Crippen LogP contribution in [0.5, 0.6) is 17.2 Å². The molecule has 3 aromatic carbocycles. The first-order valence-corrected chi connectivity index (χ1v) is 12.4. The minimum Gasteiger partial charge on any atom is -0.494 e. The topological polar surface area (TPSA) is 127 Å². The van der Waals surface area contributed by atoms with Crippen molar-refractivity contribution in [1.82, 2.24) is 5.43 Å². The van der Waals surface area contributed by atoms with Crippen molar-refractivity contribution in [3.05, 3.63) is 77.9 Å². The van der Waals surface area contributed by atoms with Gasteiger partial charge in [0.1, 0.15) is 5.75 Å². The lowest BCUT2D eigenvalue weighted by Crippen LogP contribution is -2.32. The predicted octanol–water partition coefficient (Wildman–Crippen LogP) is 4.29. The third-order valence-electron chi connectivity index (χ3n) is 5.35. The van der Waals surface area contributed by atoms with Crippen molar-refractivity contribution >= 4 is 35.3 Å². The molecule has 0 fully saturated rings. The number of unbranched alkanes of at least 4 members (excludes halogenated alkanes) is 1. The molecule has 3 aromatic rings. The van der Waals surface area contributed by atoms with Gasteiger partial charge in [-0.1, -0.05) is 31.0 Å². The number of anilines is 2. The van der Waals surface area contributed by atoms with Crippen LogP contribution >= 0.6 is 0 Å². The molecule has 39 heavy (non-hydrogen) atoms. The molecule has 0 aliphatic rings. The molecule has 0 bridgehead atoms. The summed E-state index contributed by atoms with van der Waals surface area (Å²) in [5.41, 5.74) is 4.98. The number of carbonyl (C=O) groups excluding carboxylic acids is 3. The number of rotatable bonds is 12. The van der Waals surface area contributed by atoms with Crippen LogP contribution in [-0.2, 0) is 14.4 Å². The Labute approximate surface area is 227 Å². The zero-order valence-electron chi connectivity index (χ0n) is 22.2. The predicted molar refractivity (Wildman–Crippen MR) is 150 cm³/mol. The second-order valence-corrected chi connectivity index (χ2v) is 8.49. The number of nitrogens with one attached hydrogen (secondary N) is 3. The van der Waals surface area contributed by atoms with Gasteiger partial charge in [0.15, 0.2) is 18.1 Å². The quantitative estimate of drug-likeness (QED) is 0.138. The average Bonchev–Trinajstić information content (AvgIpc) is 2.94. The van der Waals surface area contributed by atoms with Gasteiger partial charge in [0.05, 0.1) is 19.9 Å². The molecule has 0 atom stereocenters. The van der Waals surface area contributed by atoms with E-state index in [4.69, 9.17) is 14.2 Å². The molecule has 0 aromatic heterocycles. The Morgan fingerprint density at radius 2 is 1.54 bits per heavy atom. The summed E-state index contributed by atoms with van der Waals surface area (Å²) in [6.07, 6.45) is 3.34. The SMILES string of the molecule is CCCCOc1ccc(NC(=O)C(=O)N/N=C\c2ccc(OCC(=O)Nc3ccc(C)cc3)c(OC)c2)cc1. The van der Waals surface area contributed by atoms with Crippen molar-refractivity contribution < 1.29 is 28.6 Å². The minimum absolute atomic E-state index is 0.211. The van der Waals surface area contributed by atoms with E-state index in [1.807, 2.05) is 31.2 Å². The van der Waals surface area contributed by atoms with E-state index >= 15 is 0 Å². The second kappa shape index (κ2) is 14.8. The summed E-state index contributed by atoms with van der Waals surface area (Å²) in [4.78, 5) is 36.5. The summed E-state index contributed by atoms with van der Waals surface area (Å²) in [5, 5.41) is 9.09. The molecule has 10 heteroatoms. The standard InChI is InChI=1S/C29H32N4O6/c1-4-5-16-38-24-13-11-23(12-14-24)32-28(35)29(36)33-30-18-21-8-15-25(26(17-21)37-3)39-19-27(34)31-22-9-6-20(2)7-10-22/h6-15,17-18H,4-5,16,19H2,1-3H3,(H,31,34)(H,32,35)(H,33,36)/b30-18-. The first-order chi connectivity index (χ1) is 18.9. The van der Waals surface area contributed by atoms with Gasteiger partial charge in [0, 0.05) is 11.4 Å². The molecule has 0 saturated carbocycles. The molecule has 0 aliphatic heterocycles. The zero-order chi connectivity index (χ0) is 28.0. The molecule has 0 spiro atoms. The van der Waals surface area contributed by atoms with Crippen LogP contribution in [-0.4, -0.2) is 44.3 Å². The van der Waals surface area contributed by atoms with Gasteiger partial charge in [-0.05, 0) is 73.5 Å². The van der Waals surface area contributed by atoms with E-state index in [2.05, 4.69) is 28.1 Å². The number of hydrazone groups is 1. The molecule has 0 saturated heterocycles. The molecule has 3 rings (SSSR count). The summed E-state index contributed by atoms with van der Waals surface area (Å²) in [7, 11) is 1.46. The number of hydrogen-bond acceptors (Lipinski definition) is 7. The lowest BCUT2D eigenvalue weighted by atomic mass is 10.2. The number of amides is 3. The normalized spacial score (nSPS) is 10.5. The number of methoxy groups -OCH3 is 1. The van der Waals surface area contributed by atoms with Gasteiger partial charge in [0.25, 0.3) is 5.91 Å². The van der Waals surface area contributed by atoms with E-state index in [9.17, 15) is 14.4 Å². The third-order valence-corrected chi connectivity index (χ3v) is 5.35. The number of carbonyl (C=O) groups is 3. The van der Waals surface area contributed by atoms with Crippen LogP contribution < -0.4 is 30.3 Å². The van der Waals surface area contributed by atoms with E-state index < -0.39 is 11.8 Å². The fraction of sp³-hybridized carbons (Fsp3) is 0.241. The van der Waals surface area contributed by atoms with Crippen molar-refractivity contribution in [1.29, 1.82) is 0 Å². The van der Waals surface area contributed by atoms with Crippen molar-refractivity contribution in [2.75, 3.05) is 31.0 Å². The van der Waals surface area contributed by atoms with Crippen molar-refractivity contribution in [3.63, 3.8) is 0 Å². The highest BCUT2D eigenvalue weighted by atomic mass is 16.5. The molecule has 204 valence electrons. The highest BCUT2D eigenvalue weighted by Crippen LogP contribution is 2.27. The van der Waals surface area contributed by atoms with E-state index in [1.165, 1.54) is 13.3 Å². The van der Waals surface area contributed by atoms with Crippen LogP contribution in [0.3, 0.4) is 0 Å². The van der Waals surface area contributed by atoms with Crippen LogP contribution in [0.25, 0.3) is 0 Å². The first kappa shape index (κ1) is 28.7. The summed E-state index contributed by atoms with van der Waals surface area (Å²) < 4.78 is 16.5. The summed E-state index contributed by atoms with van der Waals surface area (Å²) in [6, 6.07) is 19.1. The van der Waals surface area contributed by atoms with Crippen LogP contribution in [0.1, 0.15) is 30.9 Å². The maximum Gasteiger partial charge on any atom is 0.329 e. The number of benzene rings is 3. The van der Waals surface area contributed by atoms with Gasteiger partial charge in [-0.2, -0.15) is 5.10 Å². The van der Waals surface area contributed by atoms with Crippen LogP contribution in [0.15, 0.2) is 71.8 Å². The van der Waals surface area contributed by atoms with Crippen molar-refractivity contribution in [2.45, 2.75) is 26.7 Å². The van der Waals surface area contributed by atoms with Gasteiger partial charge in [-0.3, -0.25) is 14.4 Å². The molecular formula is C29H32N4O6. The Balaban J connectivity index is 1.47. The fourth-order valence-corrected chi connectivity index (χ4v) is 3.23. The molecule has 0 heterocycles. The molecular weight excluding hydrogens is 500 g/mol. The van der Waals surface area contributed by atoms with Gasteiger partial charge in [-0.15, -0.1) is 0 Å². The lowest BCUT2D eigenvalue weighted by molar-refractivity contribution is -0.136. The highest BCUT2D eigenvalue weighted by Gasteiger charge is 2.13. The van der Waals surface area contributed by atoms with Crippen LogP contribution in [0, 0.1) is 6.92 Å². The molecule has 3 amide bonds. The zero-order valence-corrected chi connectivity index (χ0v) is 22.2. The lowest BCUT2D eigenvalue weighted by Gasteiger charge is -2.11. The second-order valence-electron chi connectivity index (χ2n) is 8.49.